The average Bonchev–Trinajstić information content (AvgIpc) is 1.62. The van der Waals surface area contributed by atoms with E-state index >= 15 is 0 Å². The van der Waals surface area contributed by atoms with Crippen LogP contribution in [0.4, 0.5) is 15.0 Å². The molecular weight excluding hydrogens is 1840 g/mol. The third-order valence-electron chi connectivity index (χ3n) is 26.4. The third-order valence-corrected chi connectivity index (χ3v) is 30.8. The van der Waals surface area contributed by atoms with Crippen LogP contribution in [0.15, 0.2) is 123 Å². The molecule has 0 bridgehead atoms. The smallest absolute Gasteiger partial charge is 0.319 e. The van der Waals surface area contributed by atoms with Crippen LogP contribution in [0.5, 0.6) is 17.2 Å². The Hall–Kier alpha value is -10.3. The van der Waals surface area contributed by atoms with E-state index in [0.717, 1.165) is 76.8 Å². The second-order valence-corrected chi connectivity index (χ2v) is 37.5. The molecule has 9 aliphatic heterocycles. The molecule has 6 saturated heterocycles. The number of para-hydroxylation sites is 3. The minimum absolute atomic E-state index is 0.00421. The number of amides is 3. The molecule has 9 aromatic rings. The highest BCUT2D eigenvalue weighted by Crippen LogP contribution is 2.57. The van der Waals surface area contributed by atoms with Crippen molar-refractivity contribution in [3.05, 3.63) is 160 Å². The number of hydrogen-bond acceptors (Lipinski definition) is 33. The fourth-order valence-electron chi connectivity index (χ4n) is 19.0. The number of aromatic nitrogens is 3. The zero-order chi connectivity index (χ0) is 93.7. The van der Waals surface area contributed by atoms with E-state index in [1.165, 1.54) is 74.1 Å². The number of oxazole rings is 3. The van der Waals surface area contributed by atoms with Gasteiger partial charge in [0.05, 0.1) is 144 Å². The van der Waals surface area contributed by atoms with Gasteiger partial charge in [-0.1, -0.05) is 70.5 Å². The number of thiophene rings is 3. The number of rotatable bonds is 26. The number of methoxy groups -OCH3 is 6. The van der Waals surface area contributed by atoms with Crippen molar-refractivity contribution < 1.29 is 113 Å². The summed E-state index contributed by atoms with van der Waals surface area (Å²) in [6, 6.07) is 23.1. The van der Waals surface area contributed by atoms with Crippen LogP contribution >= 0.6 is 49.9 Å². The number of anilines is 3. The predicted octanol–water partition coefficient (Wildman–Crippen LogP) is 14.0. The molecule has 37 heteroatoms. The number of piperidine rings is 3. The Kier molecular flexibility index (Phi) is 32.2. The van der Waals surface area contributed by atoms with Gasteiger partial charge in [0.2, 0.25) is 35.4 Å². The van der Waals surface area contributed by atoms with Crippen molar-refractivity contribution in [2.24, 2.45) is 16.2 Å². The van der Waals surface area contributed by atoms with Gasteiger partial charge in [-0.15, -0.1) is 34.0 Å². The number of ether oxygens (including phenoxy) is 12. The van der Waals surface area contributed by atoms with Gasteiger partial charge in [-0.25, -0.2) is 15.0 Å². The standard InChI is InChI=1S/2C32H37N3O8S.C29H33N3O6S.C3H5BrO2/c2*1-20-26-28(37)32(10-13-34(14-11-32)19-25(36)40-3)31(38)35(30(26)44-27(20)29-33-12-17-42-29)18-24(43-21-8-15-41-16-9-21)22-6-4-5-7-23(22)39-2;1-18-23-25(33)29(9-11-30-12-10-29)28(34)32(27(23)39-24(18)26-31-13-16-37-26)17-22(38-19-7-14-36-15-8-19)20-5-3-4-6-21(20)35-2;1-6-3(5)2-4/h2*4-7,12,17,21,24H,8-11,13-16,18-19H2,1-3H3;3-6,13,16,19,22,30H,7-12,14-15,17H2,1-2H3;2H2,1H3/t2*24-;22-;/m000./s1. The number of ketones is 3. The number of alkyl halides is 1. The maximum absolute atomic E-state index is 14.7. The molecule has 1 N–H and O–H groups in total. The first-order valence-corrected chi connectivity index (χ1v) is 48.3. The van der Waals surface area contributed by atoms with E-state index < -0.39 is 34.6 Å². The van der Waals surface area contributed by atoms with Crippen LogP contribution in [0.25, 0.3) is 32.3 Å². The van der Waals surface area contributed by atoms with E-state index in [-0.39, 0.29) is 109 Å². The summed E-state index contributed by atoms with van der Waals surface area (Å²) in [5, 5.41) is 5.38. The van der Waals surface area contributed by atoms with Gasteiger partial charge in [0.15, 0.2) is 17.3 Å². The molecular formula is C96H112BrN9O24S3. The maximum atomic E-state index is 14.7. The van der Waals surface area contributed by atoms with Crippen LogP contribution < -0.4 is 34.2 Å². The van der Waals surface area contributed by atoms with Gasteiger partial charge in [-0.3, -0.25) is 67.7 Å². The molecule has 3 amide bonds. The van der Waals surface area contributed by atoms with Crippen LogP contribution in [-0.2, 0) is 71.4 Å². The number of carbonyl (C=O) groups is 9. The van der Waals surface area contributed by atoms with Crippen molar-refractivity contribution in [1.29, 1.82) is 0 Å². The van der Waals surface area contributed by atoms with Crippen molar-refractivity contribution in [2.45, 2.75) is 134 Å². The molecule has 33 nitrogen and oxygen atoms in total. The lowest BCUT2D eigenvalue weighted by molar-refractivity contribution is -0.143. The SMILES string of the molecule is COC(=O)CBr.COC(=O)CN1CCC2(CC1)C(=O)c1c(sc(-c3ncco3)c1C)N(C[C@H](OC1CCOCC1)c1ccccc1OC)C2=O.COC(=O)CN1CCC2(CC1)C(=O)c1c(sc(-c3ncco3)c1C)N(C[C@H](OC1CCOCC1)c1ccccc1OC)C2=O.COc1ccccc1[C@H](CN1C(=O)C2(CCNCC2)C(=O)c2c1sc(-c1ncco1)c2C)OC1CCOCC1. The van der Waals surface area contributed by atoms with Crippen molar-refractivity contribution in [3.8, 4) is 49.6 Å². The van der Waals surface area contributed by atoms with Crippen LogP contribution in [-0.4, -0.2) is 256 Å². The lowest BCUT2D eigenvalue weighted by Gasteiger charge is -2.45. The number of likely N-dealkylation sites (tertiary alicyclic amines) is 2. The number of esters is 3. The van der Waals surface area contributed by atoms with Crippen molar-refractivity contribution in [1.82, 2.24) is 30.1 Å². The van der Waals surface area contributed by atoms with Gasteiger partial charge in [-0.05, 0) is 146 Å². The van der Waals surface area contributed by atoms with Crippen molar-refractivity contribution in [2.75, 3.05) is 174 Å². The quantitative estimate of drug-likeness (QED) is 0.0228. The molecule has 0 radical (unpaired) electrons. The molecule has 0 aliphatic carbocycles. The summed E-state index contributed by atoms with van der Waals surface area (Å²) in [6.45, 7) is 13.2. The first kappa shape index (κ1) is 97.3. The van der Waals surface area contributed by atoms with E-state index in [0.29, 0.717) is 194 Å². The third kappa shape index (κ3) is 20.5. The first-order chi connectivity index (χ1) is 64.6. The molecule has 6 fully saturated rings. The molecule has 9 aliphatic rings. The number of benzene rings is 3. The van der Waals surface area contributed by atoms with Crippen molar-refractivity contribution >= 4 is 118 Å². The highest BCUT2D eigenvalue weighted by Gasteiger charge is 2.60. The number of carbonyl (C=O) groups excluding carboxylic acids is 9. The molecule has 18 rings (SSSR count). The predicted molar refractivity (Wildman–Crippen MR) is 496 cm³/mol. The molecule has 133 heavy (non-hydrogen) atoms. The molecule has 0 saturated carbocycles. The minimum Gasteiger partial charge on any atom is -0.496 e. The fraction of sp³-hybridized carbons (Fsp3) is 0.500. The number of Topliss-reactive ketones (excluding diaryl/α,β-unsaturated/α-hetero) is 3. The minimum atomic E-state index is -1.26. The molecule has 710 valence electrons. The zero-order valence-electron chi connectivity index (χ0n) is 76.0. The Morgan fingerprint density at radius 2 is 0.714 bits per heavy atom. The average molecular weight is 1950 g/mol. The monoisotopic (exact) mass is 1950 g/mol. The summed E-state index contributed by atoms with van der Waals surface area (Å²) in [4.78, 5) is 145. The molecule has 3 aromatic carbocycles. The number of halogens is 1. The van der Waals surface area contributed by atoms with Crippen molar-refractivity contribution in [3.63, 3.8) is 0 Å². The summed E-state index contributed by atoms with van der Waals surface area (Å²) in [5.41, 5.74) is 2.84. The highest BCUT2D eigenvalue weighted by atomic mass is 79.9. The van der Waals surface area contributed by atoms with E-state index in [9.17, 15) is 43.2 Å². The zero-order valence-corrected chi connectivity index (χ0v) is 80.1. The Morgan fingerprint density at radius 3 is 0.970 bits per heavy atom. The van der Waals surface area contributed by atoms with E-state index in [1.807, 2.05) is 103 Å². The summed E-state index contributed by atoms with van der Waals surface area (Å²) in [6.07, 6.45) is 14.3. The van der Waals surface area contributed by atoms with Crippen LogP contribution in [0, 0.1) is 37.0 Å². The van der Waals surface area contributed by atoms with E-state index in [4.69, 9.17) is 65.4 Å². The van der Waals surface area contributed by atoms with Crippen LogP contribution in [0.3, 0.4) is 0 Å². The second kappa shape index (κ2) is 44.0. The summed E-state index contributed by atoms with van der Waals surface area (Å²) < 4.78 is 84.9. The van der Waals surface area contributed by atoms with Crippen LogP contribution in [0.2, 0.25) is 0 Å². The van der Waals surface area contributed by atoms with Gasteiger partial charge < -0.3 is 75.4 Å². The highest BCUT2D eigenvalue weighted by molar-refractivity contribution is 9.09. The van der Waals surface area contributed by atoms with Gasteiger partial charge in [0.1, 0.15) is 90.9 Å². The number of hydrogen-bond donors (Lipinski definition) is 1. The number of nitrogens with one attached hydrogen (secondary N) is 1. The number of nitrogens with zero attached hydrogens (tertiary/aromatic N) is 8. The Bertz CT molecular complexity index is 5330. The summed E-state index contributed by atoms with van der Waals surface area (Å²) in [5.74, 6) is 1.26. The van der Waals surface area contributed by atoms with Gasteiger partial charge in [0, 0.05) is 82.5 Å². The largest absolute Gasteiger partial charge is 0.496 e. The molecule has 15 heterocycles. The van der Waals surface area contributed by atoms with Gasteiger partial charge >= 0.3 is 17.9 Å². The topological polar surface area (TPSA) is 371 Å². The second-order valence-electron chi connectivity index (χ2n) is 33.9. The first-order valence-electron chi connectivity index (χ1n) is 44.8. The number of fused-ring (bicyclic) bond motifs is 3. The molecule has 3 spiro atoms. The van der Waals surface area contributed by atoms with E-state index in [2.05, 4.69) is 40.9 Å². The van der Waals surface area contributed by atoms with E-state index in [1.54, 1.807) is 54.6 Å². The molecule has 0 unspecified atom stereocenters. The van der Waals surface area contributed by atoms with Gasteiger partial charge in [-0.2, -0.15) is 0 Å². The lowest BCUT2D eigenvalue weighted by Crippen LogP contribution is -2.58. The van der Waals surface area contributed by atoms with Gasteiger partial charge in [0.25, 0.3) is 0 Å². The normalized spacial score (nSPS) is 19.3. The van der Waals surface area contributed by atoms with Crippen LogP contribution in [0.1, 0.15) is 160 Å². The Labute approximate surface area is 791 Å². The molecule has 6 aromatic heterocycles. The summed E-state index contributed by atoms with van der Waals surface area (Å²) in [7, 11) is 8.94. The lowest BCUT2D eigenvalue weighted by atomic mass is 9.69. The summed E-state index contributed by atoms with van der Waals surface area (Å²) >= 11 is 6.96. The Morgan fingerprint density at radius 1 is 0.429 bits per heavy atom. The Balaban J connectivity index is 0.000000148. The fourth-order valence-corrected chi connectivity index (χ4v) is 23.0. The molecule has 3 atom stereocenters. The maximum Gasteiger partial charge on any atom is 0.319 e.